The summed E-state index contributed by atoms with van der Waals surface area (Å²) in [6, 6.07) is 19.0. The van der Waals surface area contributed by atoms with Gasteiger partial charge >= 0.3 is 0 Å². The number of anilines is 1. The van der Waals surface area contributed by atoms with E-state index in [9.17, 15) is 19.5 Å². The molecule has 4 aromatic rings. The van der Waals surface area contributed by atoms with Gasteiger partial charge in [-0.2, -0.15) is 0 Å². The normalized spacial score (nSPS) is 19.8. The number of fused-ring (bicyclic) bond motifs is 2. The van der Waals surface area contributed by atoms with Crippen LogP contribution in [0.2, 0.25) is 0 Å². The zero-order chi connectivity index (χ0) is 30.2. The number of β-amino-alcohol motifs (C(OH)–C–C–N with tert-alkyl or cyclic N) is 1. The molecule has 0 saturated carbocycles. The summed E-state index contributed by atoms with van der Waals surface area (Å²) in [6.45, 7) is 0.321. The third kappa shape index (κ3) is 5.18. The highest BCUT2D eigenvalue weighted by Crippen LogP contribution is 2.39. The molecule has 10 nitrogen and oxygen atoms in total. The number of aliphatic hydroxyl groups excluding tert-OH is 1. The van der Waals surface area contributed by atoms with E-state index < -0.39 is 24.1 Å². The number of aliphatic hydroxyl groups is 1. The summed E-state index contributed by atoms with van der Waals surface area (Å²) in [7, 11) is 4.95. The summed E-state index contributed by atoms with van der Waals surface area (Å²) in [4.78, 5) is 44.6. The topological polar surface area (TPSA) is 113 Å². The maximum absolute atomic E-state index is 14.0. The predicted molar refractivity (Wildman–Crippen MR) is 161 cm³/mol. The van der Waals surface area contributed by atoms with Crippen LogP contribution in [0.4, 0.5) is 5.69 Å². The molecular weight excluding hydrogens is 548 g/mol. The molecule has 1 aromatic heterocycles. The van der Waals surface area contributed by atoms with Crippen molar-refractivity contribution < 1.29 is 29.0 Å². The second-order valence-electron chi connectivity index (χ2n) is 11.0. The summed E-state index contributed by atoms with van der Waals surface area (Å²) in [5.41, 5.74) is 3.77. The zero-order valence-corrected chi connectivity index (χ0v) is 24.3. The van der Waals surface area contributed by atoms with Gasteiger partial charge in [0.25, 0.3) is 5.91 Å². The fourth-order valence-electron chi connectivity index (χ4n) is 6.20. The van der Waals surface area contributed by atoms with E-state index in [2.05, 4.69) is 5.32 Å². The van der Waals surface area contributed by atoms with Crippen molar-refractivity contribution >= 4 is 34.3 Å². The molecule has 2 unspecified atom stereocenters. The van der Waals surface area contributed by atoms with Gasteiger partial charge in [-0.3, -0.25) is 14.4 Å². The number of hydrogen-bond donors (Lipinski definition) is 2. The number of benzene rings is 3. The van der Waals surface area contributed by atoms with Gasteiger partial charge in [0, 0.05) is 49.6 Å². The molecule has 3 heterocycles. The van der Waals surface area contributed by atoms with Crippen LogP contribution in [-0.4, -0.2) is 71.2 Å². The average Bonchev–Trinajstić information content (AvgIpc) is 3.58. The number of amides is 3. The highest BCUT2D eigenvalue weighted by molar-refractivity contribution is 6.09. The van der Waals surface area contributed by atoms with E-state index in [-0.39, 0.29) is 31.2 Å². The number of nitrogens with one attached hydrogen (secondary N) is 1. The molecule has 222 valence electrons. The number of hydrogen-bond acceptors (Lipinski definition) is 6. The Kier molecular flexibility index (Phi) is 7.53. The lowest BCUT2D eigenvalue weighted by Gasteiger charge is -2.36. The highest BCUT2D eigenvalue weighted by atomic mass is 16.5. The molecule has 2 aliphatic rings. The Balaban J connectivity index is 1.29. The van der Waals surface area contributed by atoms with E-state index in [4.69, 9.17) is 9.47 Å². The number of likely N-dealkylation sites (tertiary alicyclic amines) is 1. The van der Waals surface area contributed by atoms with E-state index in [1.165, 1.54) is 4.90 Å². The van der Waals surface area contributed by atoms with Gasteiger partial charge in [0.05, 0.1) is 38.1 Å². The first-order valence-corrected chi connectivity index (χ1v) is 14.2. The molecular formula is C33H34N4O6. The second-order valence-corrected chi connectivity index (χ2v) is 11.0. The van der Waals surface area contributed by atoms with Crippen molar-refractivity contribution in [2.75, 3.05) is 25.7 Å². The largest absolute Gasteiger partial charge is 0.493 e. The van der Waals surface area contributed by atoms with Crippen molar-refractivity contribution in [3.05, 3.63) is 89.6 Å². The maximum Gasteiger partial charge on any atom is 0.256 e. The molecule has 1 fully saturated rings. The molecule has 3 aromatic carbocycles. The van der Waals surface area contributed by atoms with E-state index in [1.807, 2.05) is 72.3 Å². The third-order valence-corrected chi connectivity index (χ3v) is 8.33. The van der Waals surface area contributed by atoms with Crippen LogP contribution in [0.25, 0.3) is 10.9 Å². The summed E-state index contributed by atoms with van der Waals surface area (Å²) in [5.74, 6) is -0.0749. The number of ether oxygens (including phenoxy) is 2. The summed E-state index contributed by atoms with van der Waals surface area (Å²) >= 11 is 0. The van der Waals surface area contributed by atoms with Gasteiger partial charge in [0.2, 0.25) is 11.8 Å². The van der Waals surface area contributed by atoms with Gasteiger partial charge in [-0.05, 0) is 23.3 Å². The number of methoxy groups -OCH3 is 2. The fourth-order valence-corrected chi connectivity index (χ4v) is 6.20. The average molecular weight is 583 g/mol. The number of carbonyl (C=O) groups is 3. The number of rotatable bonds is 7. The molecule has 3 atom stereocenters. The van der Waals surface area contributed by atoms with Gasteiger partial charge in [-0.15, -0.1) is 0 Å². The number of nitrogens with zero attached hydrogens (tertiary/aromatic N) is 3. The Bertz CT molecular complexity index is 1700. The summed E-state index contributed by atoms with van der Waals surface area (Å²) in [5, 5.41) is 14.2. The molecule has 3 amide bonds. The smallest absolute Gasteiger partial charge is 0.256 e. The summed E-state index contributed by atoms with van der Waals surface area (Å²) in [6.07, 6.45) is 1.21. The van der Waals surface area contributed by atoms with E-state index in [1.54, 1.807) is 31.4 Å². The summed E-state index contributed by atoms with van der Waals surface area (Å²) < 4.78 is 12.9. The first kappa shape index (κ1) is 28.3. The Hall–Kier alpha value is -4.83. The van der Waals surface area contributed by atoms with Gasteiger partial charge < -0.3 is 34.3 Å². The SMILES string of the molecule is COc1cc2c(cc1OC)N(Cc1ccccc1)C(=O)C(NC(=O)C1C[C@@H](O)CN1C(=O)c1cn(C)c3ccccc13)C2. The Labute approximate surface area is 249 Å². The first-order valence-electron chi connectivity index (χ1n) is 14.2. The van der Waals surface area contributed by atoms with Gasteiger partial charge in [0.1, 0.15) is 12.1 Å². The second kappa shape index (κ2) is 11.4. The van der Waals surface area contributed by atoms with Crippen LogP contribution < -0.4 is 19.7 Å². The minimum atomic E-state index is -0.927. The molecule has 0 spiro atoms. The molecule has 43 heavy (non-hydrogen) atoms. The molecule has 6 rings (SSSR count). The van der Waals surface area contributed by atoms with Crippen LogP contribution in [0.3, 0.4) is 0 Å². The standard InChI is InChI=1S/C33H34N4O6/c1-35-19-24(23-11-7-8-12-26(23)35)32(40)37-18-22(38)15-28(37)31(39)34-25-13-21-14-29(42-2)30(43-3)16-27(21)36(33(25)41)17-20-9-5-4-6-10-20/h4-12,14,16,19,22,25,28,38H,13,15,17-18H2,1-3H3,(H,34,39)/t22-,25?,28?/m1/s1. The third-order valence-electron chi connectivity index (χ3n) is 8.33. The first-order chi connectivity index (χ1) is 20.8. The minimum absolute atomic E-state index is 0.0265. The minimum Gasteiger partial charge on any atom is -0.493 e. The van der Waals surface area contributed by atoms with Crippen molar-refractivity contribution in [3.63, 3.8) is 0 Å². The number of aromatic nitrogens is 1. The molecule has 0 bridgehead atoms. The molecule has 0 aliphatic carbocycles. The Morgan fingerprint density at radius 1 is 1.00 bits per heavy atom. The van der Waals surface area contributed by atoms with Gasteiger partial charge in [-0.1, -0.05) is 48.5 Å². The van der Waals surface area contributed by atoms with Crippen LogP contribution in [0, 0.1) is 0 Å². The number of carbonyl (C=O) groups excluding carboxylic acids is 3. The van der Waals surface area contributed by atoms with Crippen LogP contribution in [0.15, 0.2) is 72.9 Å². The maximum atomic E-state index is 14.0. The van der Waals surface area contributed by atoms with Crippen LogP contribution >= 0.6 is 0 Å². The van der Waals surface area contributed by atoms with E-state index in [0.717, 1.165) is 22.0 Å². The van der Waals surface area contributed by atoms with Gasteiger partial charge in [-0.25, -0.2) is 0 Å². The number of para-hydroxylation sites is 1. The highest BCUT2D eigenvalue weighted by Gasteiger charge is 2.42. The lowest BCUT2D eigenvalue weighted by molar-refractivity contribution is -0.130. The quantitative estimate of drug-likeness (QED) is 0.347. The van der Waals surface area contributed by atoms with Crippen molar-refractivity contribution in [2.24, 2.45) is 7.05 Å². The van der Waals surface area contributed by atoms with Crippen molar-refractivity contribution in [2.45, 2.75) is 37.6 Å². The van der Waals surface area contributed by atoms with Crippen LogP contribution in [-0.2, 0) is 29.6 Å². The van der Waals surface area contributed by atoms with Crippen molar-refractivity contribution in [3.8, 4) is 11.5 Å². The molecule has 1 saturated heterocycles. The van der Waals surface area contributed by atoms with Crippen LogP contribution in [0.1, 0.15) is 27.9 Å². The predicted octanol–water partition coefficient (Wildman–Crippen LogP) is 3.05. The lowest BCUT2D eigenvalue weighted by atomic mass is 9.95. The molecule has 2 N–H and O–H groups in total. The van der Waals surface area contributed by atoms with Crippen LogP contribution in [0.5, 0.6) is 11.5 Å². The van der Waals surface area contributed by atoms with Gasteiger partial charge in [0.15, 0.2) is 11.5 Å². The fraction of sp³-hybridized carbons (Fsp3) is 0.303. The zero-order valence-electron chi connectivity index (χ0n) is 24.3. The number of aryl methyl sites for hydroxylation is 1. The Morgan fingerprint density at radius 3 is 2.44 bits per heavy atom. The van der Waals surface area contributed by atoms with Crippen molar-refractivity contribution in [1.29, 1.82) is 0 Å². The molecule has 10 heteroatoms. The van der Waals surface area contributed by atoms with E-state index >= 15 is 0 Å². The Morgan fingerprint density at radius 2 is 1.70 bits per heavy atom. The molecule has 0 radical (unpaired) electrons. The monoisotopic (exact) mass is 582 g/mol. The lowest BCUT2D eigenvalue weighted by Crippen LogP contribution is -2.56. The van der Waals surface area contributed by atoms with E-state index in [0.29, 0.717) is 29.3 Å². The van der Waals surface area contributed by atoms with Crippen molar-refractivity contribution in [1.82, 2.24) is 14.8 Å². The molecule has 2 aliphatic heterocycles.